The van der Waals surface area contributed by atoms with Crippen LogP contribution in [0.5, 0.6) is 0 Å². The van der Waals surface area contributed by atoms with Gasteiger partial charge in [0, 0.05) is 16.6 Å². The Hall–Kier alpha value is -1.79. The Morgan fingerprint density at radius 1 is 1.00 bits per heavy atom. The maximum Gasteiger partial charge on any atom is 0.234 e. The number of hydrogen-bond donors (Lipinski definition) is 2. The fourth-order valence-electron chi connectivity index (χ4n) is 2.62. The molecule has 6 heteroatoms. The highest BCUT2D eigenvalue weighted by Gasteiger charge is 2.08. The normalized spacial score (nSPS) is 10.5. The molecule has 2 N–H and O–H groups in total. The van der Waals surface area contributed by atoms with Crippen LogP contribution in [0.1, 0.15) is 29.5 Å². The molecule has 4 nitrogen and oxygen atoms in total. The van der Waals surface area contributed by atoms with Crippen molar-refractivity contribution in [3.05, 3.63) is 57.6 Å². The second kappa shape index (κ2) is 10.5. The maximum absolute atomic E-state index is 12.1. The highest BCUT2D eigenvalue weighted by atomic mass is 79.9. The van der Waals surface area contributed by atoms with Gasteiger partial charge in [-0.3, -0.25) is 9.59 Å². The number of para-hydroxylation sites is 1. The van der Waals surface area contributed by atoms with E-state index in [0.29, 0.717) is 12.2 Å². The number of carbonyl (C=O) groups excluding carboxylic acids is 2. The van der Waals surface area contributed by atoms with Gasteiger partial charge in [0.15, 0.2) is 0 Å². The van der Waals surface area contributed by atoms with Crippen LogP contribution in [0.3, 0.4) is 0 Å². The fourth-order valence-corrected chi connectivity index (χ4v) is 3.96. The molecule has 0 saturated heterocycles. The Bertz CT molecular complexity index is 804. The van der Waals surface area contributed by atoms with Gasteiger partial charge in [0.25, 0.3) is 0 Å². The quantitative estimate of drug-likeness (QED) is 0.526. The molecule has 0 spiro atoms. The van der Waals surface area contributed by atoms with Crippen LogP contribution in [0.4, 0.5) is 11.4 Å². The van der Waals surface area contributed by atoms with Crippen molar-refractivity contribution in [1.29, 1.82) is 0 Å². The van der Waals surface area contributed by atoms with Gasteiger partial charge in [-0.1, -0.05) is 24.3 Å². The highest BCUT2D eigenvalue weighted by Crippen LogP contribution is 2.23. The Balaban J connectivity index is 1.66. The third-order valence-corrected chi connectivity index (χ3v) is 5.77. The van der Waals surface area contributed by atoms with Crippen LogP contribution in [0, 0.1) is 20.8 Å². The van der Waals surface area contributed by atoms with Crippen LogP contribution in [0.25, 0.3) is 0 Å². The van der Waals surface area contributed by atoms with Crippen molar-refractivity contribution in [3.8, 4) is 0 Å². The number of carbonyl (C=O) groups is 2. The van der Waals surface area contributed by atoms with Gasteiger partial charge < -0.3 is 10.6 Å². The molecule has 0 aliphatic carbocycles. The number of benzene rings is 2. The zero-order valence-electron chi connectivity index (χ0n) is 15.9. The smallest absolute Gasteiger partial charge is 0.234 e. The minimum Gasteiger partial charge on any atom is -0.326 e. The van der Waals surface area contributed by atoms with Gasteiger partial charge in [-0.25, -0.2) is 0 Å². The molecule has 144 valence electrons. The van der Waals surface area contributed by atoms with Gasteiger partial charge in [0.2, 0.25) is 11.8 Å². The van der Waals surface area contributed by atoms with Crippen LogP contribution >= 0.6 is 27.7 Å². The lowest BCUT2D eigenvalue weighted by Crippen LogP contribution is -2.15. The molecule has 0 bridgehead atoms. The van der Waals surface area contributed by atoms with Gasteiger partial charge in [0.1, 0.15) is 0 Å². The summed E-state index contributed by atoms with van der Waals surface area (Å²) >= 11 is 4.99. The summed E-state index contributed by atoms with van der Waals surface area (Å²) in [4.78, 5) is 24.1. The van der Waals surface area contributed by atoms with E-state index in [1.165, 1.54) is 11.8 Å². The first-order chi connectivity index (χ1) is 12.9. The molecule has 0 aromatic heterocycles. The van der Waals surface area contributed by atoms with E-state index in [-0.39, 0.29) is 11.8 Å². The average Bonchev–Trinajstić information content (AvgIpc) is 2.60. The Morgan fingerprint density at radius 2 is 1.70 bits per heavy atom. The van der Waals surface area contributed by atoms with Gasteiger partial charge in [-0.2, -0.15) is 11.8 Å². The summed E-state index contributed by atoms with van der Waals surface area (Å²) in [6, 6.07) is 11.8. The fraction of sp³-hybridized carbons (Fsp3) is 0.333. The van der Waals surface area contributed by atoms with Crippen LogP contribution in [-0.4, -0.2) is 23.3 Å². The van der Waals surface area contributed by atoms with Crippen molar-refractivity contribution < 1.29 is 9.59 Å². The second-order valence-corrected chi connectivity index (χ2v) is 8.46. The number of thioether (sulfide) groups is 1. The first-order valence-corrected chi connectivity index (χ1v) is 10.8. The lowest BCUT2D eigenvalue weighted by Gasteiger charge is -2.11. The standard InChI is InChI=1S/C21H25BrN2O2S/c1-14-9-10-18(17(22)12-14)23-20(26)13-27-11-5-8-19(25)24-21-15(2)6-4-7-16(21)3/h4,6-7,9-10,12H,5,8,11,13H2,1-3H3,(H,23,26)(H,24,25). The molecule has 0 unspecified atom stereocenters. The molecule has 0 heterocycles. The summed E-state index contributed by atoms with van der Waals surface area (Å²) in [5.41, 5.74) is 4.94. The molecule has 0 aliphatic heterocycles. The molecule has 2 aromatic rings. The van der Waals surface area contributed by atoms with Crippen molar-refractivity contribution in [2.24, 2.45) is 0 Å². The number of nitrogens with one attached hydrogen (secondary N) is 2. The van der Waals surface area contributed by atoms with Crippen molar-refractivity contribution in [3.63, 3.8) is 0 Å². The van der Waals surface area contributed by atoms with E-state index >= 15 is 0 Å². The topological polar surface area (TPSA) is 58.2 Å². The molecule has 0 atom stereocenters. The largest absolute Gasteiger partial charge is 0.326 e. The van der Waals surface area contributed by atoms with Gasteiger partial charge >= 0.3 is 0 Å². The summed E-state index contributed by atoms with van der Waals surface area (Å²) in [5, 5.41) is 5.89. The van der Waals surface area contributed by atoms with E-state index in [4.69, 9.17) is 0 Å². The van der Waals surface area contributed by atoms with Gasteiger partial charge in [-0.15, -0.1) is 0 Å². The number of halogens is 1. The number of amides is 2. The molecule has 2 rings (SSSR count). The second-order valence-electron chi connectivity index (χ2n) is 6.50. The molecular formula is C21H25BrN2O2S. The van der Waals surface area contributed by atoms with E-state index in [1.54, 1.807) is 0 Å². The average molecular weight is 449 g/mol. The molecule has 0 radical (unpaired) electrons. The van der Waals surface area contributed by atoms with E-state index in [0.717, 1.165) is 44.7 Å². The Kier molecular flexibility index (Phi) is 8.38. The molecule has 0 aliphatic rings. The zero-order valence-corrected chi connectivity index (χ0v) is 18.3. The number of hydrogen-bond acceptors (Lipinski definition) is 3. The Morgan fingerprint density at radius 3 is 2.37 bits per heavy atom. The monoisotopic (exact) mass is 448 g/mol. The van der Waals surface area contributed by atoms with E-state index < -0.39 is 0 Å². The van der Waals surface area contributed by atoms with Gasteiger partial charge in [0.05, 0.1) is 11.4 Å². The van der Waals surface area contributed by atoms with Crippen LogP contribution in [0.15, 0.2) is 40.9 Å². The van der Waals surface area contributed by atoms with E-state index in [1.807, 2.05) is 57.2 Å². The summed E-state index contributed by atoms with van der Waals surface area (Å²) in [6.45, 7) is 5.98. The lowest BCUT2D eigenvalue weighted by atomic mass is 10.1. The third kappa shape index (κ3) is 7.03. The van der Waals surface area contributed by atoms with Crippen LogP contribution in [-0.2, 0) is 9.59 Å². The molecule has 0 fully saturated rings. The van der Waals surface area contributed by atoms with Crippen molar-refractivity contribution in [2.45, 2.75) is 33.6 Å². The first kappa shape index (κ1) is 21.5. The summed E-state index contributed by atoms with van der Waals surface area (Å²) < 4.78 is 0.879. The summed E-state index contributed by atoms with van der Waals surface area (Å²) in [6.07, 6.45) is 1.19. The minimum atomic E-state index is -0.0375. The summed E-state index contributed by atoms with van der Waals surface area (Å²) in [7, 11) is 0. The van der Waals surface area contributed by atoms with E-state index in [2.05, 4.69) is 26.6 Å². The predicted molar refractivity (Wildman–Crippen MR) is 119 cm³/mol. The summed E-state index contributed by atoms with van der Waals surface area (Å²) in [5.74, 6) is 1.12. The van der Waals surface area contributed by atoms with Crippen molar-refractivity contribution >= 4 is 50.9 Å². The number of rotatable bonds is 8. The van der Waals surface area contributed by atoms with Gasteiger partial charge in [-0.05, 0) is 77.7 Å². The Labute approximate surface area is 173 Å². The predicted octanol–water partition coefficient (Wildman–Crippen LogP) is 5.46. The van der Waals surface area contributed by atoms with Crippen LogP contribution in [0.2, 0.25) is 0 Å². The highest BCUT2D eigenvalue weighted by molar-refractivity contribution is 9.10. The van der Waals surface area contributed by atoms with Crippen molar-refractivity contribution in [1.82, 2.24) is 0 Å². The molecule has 27 heavy (non-hydrogen) atoms. The maximum atomic E-state index is 12.1. The van der Waals surface area contributed by atoms with E-state index in [9.17, 15) is 9.59 Å². The van der Waals surface area contributed by atoms with Crippen molar-refractivity contribution in [2.75, 3.05) is 22.1 Å². The number of anilines is 2. The number of aryl methyl sites for hydroxylation is 3. The molecule has 2 amide bonds. The third-order valence-electron chi connectivity index (χ3n) is 4.07. The lowest BCUT2D eigenvalue weighted by molar-refractivity contribution is -0.116. The molecule has 2 aromatic carbocycles. The minimum absolute atomic E-state index is 0.0148. The molecular weight excluding hydrogens is 424 g/mol. The molecule has 0 saturated carbocycles. The zero-order chi connectivity index (χ0) is 19.8. The van der Waals surface area contributed by atoms with Crippen LogP contribution < -0.4 is 10.6 Å². The SMILES string of the molecule is Cc1ccc(NC(=O)CSCCCC(=O)Nc2c(C)cccc2C)c(Br)c1. The first-order valence-electron chi connectivity index (χ1n) is 8.86.